The minimum atomic E-state index is 0.654. The van der Waals surface area contributed by atoms with Crippen LogP contribution in [0.15, 0.2) is 11.3 Å². The number of aliphatic imine (C=N–C) groups is 1. The molecule has 1 N–H and O–H groups in total. The van der Waals surface area contributed by atoms with Gasteiger partial charge in [0.2, 0.25) is 0 Å². The molecule has 1 aliphatic heterocycles. The van der Waals surface area contributed by atoms with Crippen molar-refractivity contribution < 1.29 is 0 Å². The fourth-order valence-electron chi connectivity index (χ4n) is 1.28. The molecule has 0 spiro atoms. The maximum Gasteiger partial charge on any atom is 0.169 e. The van der Waals surface area contributed by atoms with Gasteiger partial charge in [0.15, 0.2) is 11.0 Å². The molecule has 0 fully saturated rings. The van der Waals surface area contributed by atoms with Crippen molar-refractivity contribution in [2.45, 2.75) is 13.5 Å². The third-order valence-electron chi connectivity index (χ3n) is 2.10. The molecular weight excluding hydrogens is 210 g/mol. The average Bonchev–Trinajstić information content (AvgIpc) is 2.64. The van der Waals surface area contributed by atoms with Crippen molar-refractivity contribution >= 4 is 16.9 Å². The molecule has 1 aromatic rings. The van der Waals surface area contributed by atoms with Crippen LogP contribution in [0.5, 0.6) is 0 Å². The summed E-state index contributed by atoms with van der Waals surface area (Å²) < 4.78 is 1.70. The maximum absolute atomic E-state index is 4.44. The Kier molecular flexibility index (Phi) is 3.25. The lowest BCUT2D eigenvalue weighted by Gasteiger charge is -2.17. The number of aryl methyl sites for hydroxylation is 1. The topological polar surface area (TPSA) is 55.1 Å². The Bertz CT molecular complexity index is 359. The highest BCUT2D eigenvalue weighted by Gasteiger charge is 2.11. The summed E-state index contributed by atoms with van der Waals surface area (Å²) in [6, 6.07) is 0. The first-order valence-electron chi connectivity index (χ1n) is 4.99. The van der Waals surface area contributed by atoms with Crippen LogP contribution in [0.4, 0.5) is 0 Å². The number of nitrogens with zero attached hydrogens (tertiary/aromatic N) is 4. The van der Waals surface area contributed by atoms with E-state index in [-0.39, 0.29) is 0 Å². The molecule has 0 aromatic carbocycles. The summed E-state index contributed by atoms with van der Waals surface area (Å²) in [5.41, 5.74) is 0. The number of nitrogens with one attached hydrogen (secondary N) is 1. The zero-order chi connectivity index (χ0) is 10.7. The number of hydrogen-bond donors (Lipinski definition) is 1. The van der Waals surface area contributed by atoms with Crippen LogP contribution >= 0.6 is 11.8 Å². The van der Waals surface area contributed by atoms with Gasteiger partial charge in [0, 0.05) is 19.3 Å². The highest BCUT2D eigenvalue weighted by atomic mass is 32.2. The summed E-state index contributed by atoms with van der Waals surface area (Å²) in [6.45, 7) is 3.79. The molecule has 1 aromatic heterocycles. The van der Waals surface area contributed by atoms with Gasteiger partial charge in [-0.3, -0.25) is 9.67 Å². The van der Waals surface area contributed by atoms with E-state index in [0.29, 0.717) is 12.5 Å². The molecule has 82 valence electrons. The van der Waals surface area contributed by atoms with Gasteiger partial charge in [-0.05, 0) is 5.92 Å². The van der Waals surface area contributed by atoms with Gasteiger partial charge in [0.05, 0.1) is 6.54 Å². The van der Waals surface area contributed by atoms with E-state index < -0.39 is 0 Å². The van der Waals surface area contributed by atoms with Gasteiger partial charge < -0.3 is 5.32 Å². The zero-order valence-electron chi connectivity index (χ0n) is 8.97. The maximum atomic E-state index is 4.44. The van der Waals surface area contributed by atoms with E-state index in [1.165, 1.54) is 0 Å². The molecule has 0 saturated carbocycles. The number of aromatic nitrogens is 3. The molecule has 0 saturated heterocycles. The molecule has 2 heterocycles. The van der Waals surface area contributed by atoms with E-state index in [4.69, 9.17) is 0 Å². The SMILES string of the molecule is CC1CN=C(NCc2ncn(C)n2)SC1. The Morgan fingerprint density at radius 2 is 2.53 bits per heavy atom. The second kappa shape index (κ2) is 4.65. The van der Waals surface area contributed by atoms with Crippen LogP contribution in [-0.2, 0) is 13.6 Å². The Morgan fingerprint density at radius 1 is 1.67 bits per heavy atom. The molecule has 2 rings (SSSR count). The zero-order valence-corrected chi connectivity index (χ0v) is 9.79. The highest BCUT2D eigenvalue weighted by molar-refractivity contribution is 8.13. The molecule has 1 aliphatic rings. The van der Waals surface area contributed by atoms with Crippen LogP contribution in [-0.4, -0.2) is 32.2 Å². The number of rotatable bonds is 2. The van der Waals surface area contributed by atoms with Crippen LogP contribution in [0.25, 0.3) is 0 Å². The van der Waals surface area contributed by atoms with Crippen molar-refractivity contribution in [2.24, 2.45) is 18.0 Å². The monoisotopic (exact) mass is 225 g/mol. The van der Waals surface area contributed by atoms with Crippen molar-refractivity contribution in [1.29, 1.82) is 0 Å². The van der Waals surface area contributed by atoms with E-state index in [0.717, 1.165) is 23.3 Å². The molecule has 0 amide bonds. The van der Waals surface area contributed by atoms with Crippen LogP contribution in [0.3, 0.4) is 0 Å². The second-order valence-corrected chi connectivity index (χ2v) is 4.76. The molecule has 1 atom stereocenters. The van der Waals surface area contributed by atoms with E-state index >= 15 is 0 Å². The first-order valence-corrected chi connectivity index (χ1v) is 5.98. The summed E-state index contributed by atoms with van der Waals surface area (Å²) in [5, 5.41) is 8.45. The number of amidine groups is 1. The molecule has 5 nitrogen and oxygen atoms in total. The van der Waals surface area contributed by atoms with Crippen molar-refractivity contribution in [3.05, 3.63) is 12.2 Å². The number of hydrogen-bond acceptors (Lipinski definition) is 5. The van der Waals surface area contributed by atoms with Crippen molar-refractivity contribution in [1.82, 2.24) is 20.1 Å². The second-order valence-electron chi connectivity index (χ2n) is 3.75. The predicted octanol–water partition coefficient (Wildman–Crippen LogP) is 0.644. The average molecular weight is 225 g/mol. The lowest BCUT2D eigenvalue weighted by Crippen LogP contribution is -2.26. The van der Waals surface area contributed by atoms with Gasteiger partial charge in [0.25, 0.3) is 0 Å². The third-order valence-corrected chi connectivity index (χ3v) is 3.38. The first kappa shape index (κ1) is 10.5. The molecular formula is C9H15N5S. The smallest absolute Gasteiger partial charge is 0.169 e. The number of thioether (sulfide) groups is 1. The third kappa shape index (κ3) is 2.95. The van der Waals surface area contributed by atoms with E-state index in [2.05, 4.69) is 27.3 Å². The summed E-state index contributed by atoms with van der Waals surface area (Å²) in [6.07, 6.45) is 1.70. The molecule has 15 heavy (non-hydrogen) atoms. The predicted molar refractivity (Wildman–Crippen MR) is 61.8 cm³/mol. The van der Waals surface area contributed by atoms with Gasteiger partial charge in [-0.2, -0.15) is 5.10 Å². The standard InChI is InChI=1S/C9H15N5S/c1-7-3-10-9(15-5-7)11-4-8-12-6-14(2)13-8/h6-7H,3-5H2,1-2H3,(H,10,11). The van der Waals surface area contributed by atoms with Crippen LogP contribution in [0, 0.1) is 5.92 Å². The van der Waals surface area contributed by atoms with Gasteiger partial charge in [-0.1, -0.05) is 18.7 Å². The summed E-state index contributed by atoms with van der Waals surface area (Å²) >= 11 is 1.77. The Balaban J connectivity index is 1.83. The van der Waals surface area contributed by atoms with E-state index in [9.17, 15) is 0 Å². The normalized spacial score (nSPS) is 21.2. The van der Waals surface area contributed by atoms with Crippen molar-refractivity contribution in [3.8, 4) is 0 Å². The van der Waals surface area contributed by atoms with Gasteiger partial charge in [0.1, 0.15) is 6.33 Å². The Morgan fingerprint density at radius 3 is 3.13 bits per heavy atom. The summed E-state index contributed by atoms with van der Waals surface area (Å²) in [7, 11) is 1.87. The van der Waals surface area contributed by atoms with Crippen molar-refractivity contribution in [2.75, 3.05) is 12.3 Å². The fourth-order valence-corrected chi connectivity index (χ4v) is 2.17. The largest absolute Gasteiger partial charge is 0.358 e. The molecule has 6 heteroatoms. The van der Waals surface area contributed by atoms with Gasteiger partial charge in [-0.15, -0.1) is 0 Å². The van der Waals surface area contributed by atoms with Crippen molar-refractivity contribution in [3.63, 3.8) is 0 Å². The first-order chi connectivity index (χ1) is 7.24. The quantitative estimate of drug-likeness (QED) is 0.802. The lowest BCUT2D eigenvalue weighted by atomic mass is 10.2. The lowest BCUT2D eigenvalue weighted by molar-refractivity contribution is 0.667. The van der Waals surface area contributed by atoms with Gasteiger partial charge in [-0.25, -0.2) is 4.98 Å². The van der Waals surface area contributed by atoms with E-state index in [1.54, 1.807) is 22.8 Å². The molecule has 0 radical (unpaired) electrons. The minimum absolute atomic E-state index is 0.654. The highest BCUT2D eigenvalue weighted by Crippen LogP contribution is 2.15. The molecule has 0 bridgehead atoms. The molecule has 0 aliphatic carbocycles. The van der Waals surface area contributed by atoms with Crippen LogP contribution < -0.4 is 5.32 Å². The molecule has 1 unspecified atom stereocenters. The summed E-state index contributed by atoms with van der Waals surface area (Å²) in [4.78, 5) is 8.58. The fraction of sp³-hybridized carbons (Fsp3) is 0.667. The Labute approximate surface area is 93.4 Å². The Hall–Kier alpha value is -1.04. The minimum Gasteiger partial charge on any atom is -0.358 e. The van der Waals surface area contributed by atoms with E-state index in [1.807, 2.05) is 7.05 Å². The summed E-state index contributed by atoms with van der Waals surface area (Å²) in [5.74, 6) is 2.63. The van der Waals surface area contributed by atoms with Crippen LogP contribution in [0.2, 0.25) is 0 Å². The van der Waals surface area contributed by atoms with Crippen LogP contribution in [0.1, 0.15) is 12.7 Å². The van der Waals surface area contributed by atoms with Gasteiger partial charge >= 0.3 is 0 Å².